The van der Waals surface area contributed by atoms with Crippen molar-refractivity contribution in [1.29, 1.82) is 0 Å². The number of thioether (sulfide) groups is 1. The highest BCUT2D eigenvalue weighted by atomic mass is 32.2. The van der Waals surface area contributed by atoms with E-state index in [-0.39, 0.29) is 11.8 Å². The summed E-state index contributed by atoms with van der Waals surface area (Å²) in [6.07, 6.45) is 0.891. The molecule has 0 N–H and O–H groups in total. The van der Waals surface area contributed by atoms with Crippen molar-refractivity contribution in [2.24, 2.45) is 5.10 Å². The molecule has 0 saturated heterocycles. The maximum absolute atomic E-state index is 11.7. The van der Waals surface area contributed by atoms with Gasteiger partial charge in [-0.25, -0.2) is 14.9 Å². The van der Waals surface area contributed by atoms with E-state index in [1.54, 1.807) is 6.26 Å². The quantitative estimate of drug-likeness (QED) is 0.367. The summed E-state index contributed by atoms with van der Waals surface area (Å²) in [6, 6.07) is 9.14. The van der Waals surface area contributed by atoms with Crippen LogP contribution in [0, 0.1) is 10.1 Å². The molecule has 0 saturated carbocycles. The van der Waals surface area contributed by atoms with Crippen LogP contribution < -0.4 is 0 Å². The highest BCUT2D eigenvalue weighted by Gasteiger charge is 2.19. The second-order valence-corrected chi connectivity index (χ2v) is 4.20. The number of hydrogen-bond acceptors (Lipinski definition) is 5. The van der Waals surface area contributed by atoms with Crippen LogP contribution in [0.25, 0.3) is 0 Å². The van der Waals surface area contributed by atoms with Crippen LogP contribution in [0.1, 0.15) is 5.56 Å². The van der Waals surface area contributed by atoms with Crippen LogP contribution in [-0.4, -0.2) is 34.5 Å². The highest BCUT2D eigenvalue weighted by Crippen LogP contribution is 2.07. The summed E-state index contributed by atoms with van der Waals surface area (Å²) in [5.41, 5.74) is 0.834. The molecule has 102 valence electrons. The molecule has 0 bridgehead atoms. The van der Waals surface area contributed by atoms with E-state index in [2.05, 4.69) is 5.10 Å². The Morgan fingerprint density at radius 1 is 1.47 bits per heavy atom. The van der Waals surface area contributed by atoms with Crippen molar-refractivity contribution in [1.82, 2.24) is 4.90 Å². The Morgan fingerprint density at radius 2 is 2.11 bits per heavy atom. The van der Waals surface area contributed by atoms with Crippen molar-refractivity contribution in [3.63, 3.8) is 0 Å². The lowest BCUT2D eigenvalue weighted by atomic mass is 10.2. The van der Waals surface area contributed by atoms with Gasteiger partial charge in [0.05, 0.1) is 5.10 Å². The van der Waals surface area contributed by atoms with Crippen LogP contribution in [0.2, 0.25) is 0 Å². The molecule has 1 amide bonds. The van der Waals surface area contributed by atoms with Gasteiger partial charge in [-0.3, -0.25) is 4.90 Å². The number of rotatable bonds is 3. The Morgan fingerprint density at radius 3 is 2.63 bits per heavy atom. The first kappa shape index (κ1) is 15.0. The zero-order valence-electron chi connectivity index (χ0n) is 10.5. The Labute approximate surface area is 114 Å². The Balaban J connectivity index is 2.60. The molecule has 0 spiro atoms. The number of ether oxygens (including phenoxy) is 1. The Kier molecular flexibility index (Phi) is 5.80. The summed E-state index contributed by atoms with van der Waals surface area (Å²) >= 11 is 0.990. The number of nitrogens with zero attached hydrogens (tertiary/aromatic N) is 3. The van der Waals surface area contributed by atoms with Gasteiger partial charge < -0.3 is 4.74 Å². The second kappa shape index (κ2) is 7.37. The molecule has 1 rings (SSSR count). The third-order valence-corrected chi connectivity index (χ3v) is 2.84. The molecule has 0 radical (unpaired) electrons. The van der Waals surface area contributed by atoms with E-state index in [1.807, 2.05) is 30.3 Å². The number of amides is 1. The van der Waals surface area contributed by atoms with E-state index in [0.29, 0.717) is 0 Å². The van der Waals surface area contributed by atoms with Gasteiger partial charge >= 0.3 is 6.09 Å². The SMILES string of the molecule is CS/C(=N\[N+](=O)[O-])N(C)C(=O)OCc1ccccc1. The lowest BCUT2D eigenvalue weighted by Crippen LogP contribution is -2.32. The molecule has 0 aliphatic rings. The molecular formula is C11H13N3O4S. The fraction of sp³-hybridized carbons (Fsp3) is 0.273. The number of nitro groups is 1. The summed E-state index contributed by atoms with van der Waals surface area (Å²) in [7, 11) is 1.37. The lowest BCUT2D eigenvalue weighted by Gasteiger charge is -2.15. The Hall–Kier alpha value is -2.09. The highest BCUT2D eigenvalue weighted by molar-refractivity contribution is 8.13. The van der Waals surface area contributed by atoms with Crippen molar-refractivity contribution in [3.8, 4) is 0 Å². The maximum atomic E-state index is 11.7. The van der Waals surface area contributed by atoms with E-state index < -0.39 is 11.1 Å². The molecule has 0 heterocycles. The minimum absolute atomic E-state index is 0.0388. The summed E-state index contributed by atoms with van der Waals surface area (Å²) < 4.78 is 5.02. The zero-order valence-corrected chi connectivity index (χ0v) is 11.3. The number of amidine groups is 1. The predicted octanol–water partition coefficient (Wildman–Crippen LogP) is 2.17. The molecule has 0 aliphatic heterocycles. The van der Waals surface area contributed by atoms with E-state index in [4.69, 9.17) is 4.74 Å². The standard InChI is InChI=1S/C11H13N3O4S/c1-13(10(19-2)12-14(16)17)11(15)18-8-9-6-4-3-5-7-9/h3-7H,8H2,1-2H3/b12-10-. The topological polar surface area (TPSA) is 85.0 Å². The molecule has 0 unspecified atom stereocenters. The van der Waals surface area contributed by atoms with Crippen molar-refractivity contribution in [2.45, 2.75) is 6.61 Å². The van der Waals surface area contributed by atoms with Crippen molar-refractivity contribution < 1.29 is 14.6 Å². The second-order valence-electron chi connectivity index (χ2n) is 3.42. The molecule has 0 aliphatic carbocycles. The van der Waals surface area contributed by atoms with Crippen LogP contribution in [0.3, 0.4) is 0 Å². The minimum atomic E-state index is -0.854. The molecular weight excluding hydrogens is 270 g/mol. The monoisotopic (exact) mass is 283 g/mol. The molecule has 19 heavy (non-hydrogen) atoms. The van der Waals surface area contributed by atoms with Crippen LogP contribution in [0.4, 0.5) is 4.79 Å². The first-order valence-electron chi connectivity index (χ1n) is 5.26. The van der Waals surface area contributed by atoms with Gasteiger partial charge in [0.15, 0.2) is 5.03 Å². The maximum Gasteiger partial charge on any atom is 0.416 e. The smallest absolute Gasteiger partial charge is 0.416 e. The van der Waals surface area contributed by atoms with Gasteiger partial charge in [0.1, 0.15) is 6.61 Å². The molecule has 8 heteroatoms. The first-order valence-corrected chi connectivity index (χ1v) is 6.48. The normalized spacial score (nSPS) is 10.9. The fourth-order valence-corrected chi connectivity index (χ4v) is 1.71. The summed E-state index contributed by atoms with van der Waals surface area (Å²) in [5, 5.41) is 12.5. The van der Waals surface area contributed by atoms with Crippen LogP contribution in [-0.2, 0) is 11.3 Å². The minimum Gasteiger partial charge on any atom is -0.444 e. The van der Waals surface area contributed by atoms with Gasteiger partial charge in [-0.15, -0.1) is 0 Å². The molecule has 7 nitrogen and oxygen atoms in total. The number of benzene rings is 1. The molecule has 1 aromatic rings. The summed E-state index contributed by atoms with van der Waals surface area (Å²) in [6.45, 7) is 0.101. The van der Waals surface area contributed by atoms with E-state index in [1.165, 1.54) is 7.05 Å². The van der Waals surface area contributed by atoms with Crippen molar-refractivity contribution in [3.05, 3.63) is 46.0 Å². The Bertz CT molecular complexity index is 478. The number of hydrazone groups is 1. The van der Waals surface area contributed by atoms with Crippen molar-refractivity contribution in [2.75, 3.05) is 13.3 Å². The largest absolute Gasteiger partial charge is 0.444 e. The van der Waals surface area contributed by atoms with E-state index in [0.717, 1.165) is 22.2 Å². The lowest BCUT2D eigenvalue weighted by molar-refractivity contribution is -0.485. The molecule has 0 atom stereocenters. The van der Waals surface area contributed by atoms with Crippen molar-refractivity contribution >= 4 is 23.0 Å². The average Bonchev–Trinajstić information content (AvgIpc) is 2.42. The molecule has 0 fully saturated rings. The van der Waals surface area contributed by atoms with Gasteiger partial charge in [-0.05, 0) is 11.8 Å². The third-order valence-electron chi connectivity index (χ3n) is 2.12. The molecule has 1 aromatic carbocycles. The van der Waals surface area contributed by atoms with Gasteiger partial charge in [0.2, 0.25) is 5.17 Å². The van der Waals surface area contributed by atoms with Gasteiger partial charge in [-0.2, -0.15) is 0 Å². The van der Waals surface area contributed by atoms with E-state index >= 15 is 0 Å². The third kappa shape index (κ3) is 4.96. The molecule has 0 aromatic heterocycles. The zero-order chi connectivity index (χ0) is 14.3. The van der Waals surface area contributed by atoms with Gasteiger partial charge in [0, 0.05) is 7.05 Å². The predicted molar refractivity (Wildman–Crippen MR) is 72.3 cm³/mol. The average molecular weight is 283 g/mol. The van der Waals surface area contributed by atoms with Gasteiger partial charge in [-0.1, -0.05) is 42.1 Å². The number of hydrogen-bond donors (Lipinski definition) is 0. The summed E-state index contributed by atoms with van der Waals surface area (Å²) in [4.78, 5) is 23.0. The summed E-state index contributed by atoms with van der Waals surface area (Å²) in [5.74, 6) is 0. The van der Waals surface area contributed by atoms with E-state index in [9.17, 15) is 14.9 Å². The number of carbonyl (C=O) groups excluding carboxylic acids is 1. The number of carbonyl (C=O) groups is 1. The fourth-order valence-electron chi connectivity index (χ4n) is 1.21. The van der Waals surface area contributed by atoms with Gasteiger partial charge in [0.25, 0.3) is 0 Å². The van der Waals surface area contributed by atoms with Crippen LogP contribution in [0.15, 0.2) is 35.4 Å². The first-order chi connectivity index (χ1) is 9.04. The van der Waals surface area contributed by atoms with Crippen LogP contribution in [0.5, 0.6) is 0 Å². The van der Waals surface area contributed by atoms with Crippen LogP contribution >= 0.6 is 11.8 Å².